The summed E-state index contributed by atoms with van der Waals surface area (Å²) >= 11 is 5.17. The van der Waals surface area contributed by atoms with Crippen LogP contribution in [0.3, 0.4) is 0 Å². The third kappa shape index (κ3) is 5.16. The molecule has 0 radical (unpaired) electrons. The van der Waals surface area contributed by atoms with E-state index in [0.29, 0.717) is 5.69 Å². The molecule has 0 fully saturated rings. The van der Waals surface area contributed by atoms with Gasteiger partial charge in [0.25, 0.3) is 5.24 Å². The van der Waals surface area contributed by atoms with Gasteiger partial charge in [0.05, 0.1) is 0 Å². The lowest BCUT2D eigenvalue weighted by Crippen LogP contribution is -1.99. The highest BCUT2D eigenvalue weighted by molar-refractivity contribution is 6.67. The average Bonchev–Trinajstić information content (AvgIpc) is 2.39. The Kier molecular flexibility index (Phi) is 5.80. The van der Waals surface area contributed by atoms with E-state index in [0.717, 1.165) is 11.4 Å². The lowest BCUT2D eigenvalue weighted by molar-refractivity contribution is 0.0690. The fraction of sp³-hybridized carbons (Fsp3) is 0.143. The van der Waals surface area contributed by atoms with Gasteiger partial charge >= 0.3 is 5.97 Å². The molecule has 0 aliphatic carbocycles. The van der Waals surface area contributed by atoms with Crippen LogP contribution < -0.4 is 0 Å². The molecule has 0 saturated carbocycles. The molecule has 20 heavy (non-hydrogen) atoms. The molecular weight excluding hydrogens is 280 g/mol. The van der Waals surface area contributed by atoms with Crippen LogP contribution in [0.5, 0.6) is 0 Å². The smallest absolute Gasteiger partial charge is 0.354 e. The zero-order chi connectivity index (χ0) is 15.1. The van der Waals surface area contributed by atoms with Crippen LogP contribution in [-0.4, -0.2) is 26.3 Å². The van der Waals surface area contributed by atoms with Gasteiger partial charge in [-0.3, -0.25) is 4.79 Å². The van der Waals surface area contributed by atoms with E-state index in [1.807, 2.05) is 13.0 Å². The SMILES string of the molecule is Cc1cccc(C(=O)Cl)n1.Cc1cccc(C(=O)O)n1. The molecule has 0 aliphatic heterocycles. The summed E-state index contributed by atoms with van der Waals surface area (Å²) in [6, 6.07) is 10.0. The molecule has 0 unspecified atom stereocenters. The van der Waals surface area contributed by atoms with Gasteiger partial charge in [-0.05, 0) is 49.7 Å². The first-order chi connectivity index (χ1) is 9.40. The molecule has 0 bridgehead atoms. The third-order valence-corrected chi connectivity index (χ3v) is 2.39. The fourth-order valence-corrected chi connectivity index (χ4v) is 1.42. The molecule has 2 heterocycles. The van der Waals surface area contributed by atoms with E-state index >= 15 is 0 Å². The Bertz CT molecular complexity index is 574. The number of halogens is 1. The molecule has 0 spiro atoms. The van der Waals surface area contributed by atoms with Gasteiger partial charge in [0.1, 0.15) is 11.4 Å². The second-order valence-electron chi connectivity index (χ2n) is 3.91. The summed E-state index contributed by atoms with van der Waals surface area (Å²) < 4.78 is 0. The molecular formula is C14H13ClN2O3. The molecule has 2 aromatic rings. The summed E-state index contributed by atoms with van der Waals surface area (Å²) in [5.74, 6) is -0.983. The predicted molar refractivity (Wildman–Crippen MR) is 75.1 cm³/mol. The number of aryl methyl sites for hydroxylation is 2. The molecule has 0 amide bonds. The van der Waals surface area contributed by atoms with Gasteiger partial charge in [0.2, 0.25) is 0 Å². The Hall–Kier alpha value is -2.27. The number of carboxylic acids is 1. The normalized spacial score (nSPS) is 9.35. The minimum atomic E-state index is -0.983. The van der Waals surface area contributed by atoms with Gasteiger partial charge in [0, 0.05) is 11.4 Å². The number of nitrogens with zero attached hydrogens (tertiary/aromatic N) is 2. The molecule has 2 rings (SSSR count). The molecule has 6 heteroatoms. The summed E-state index contributed by atoms with van der Waals surface area (Å²) in [4.78, 5) is 28.5. The number of hydrogen-bond acceptors (Lipinski definition) is 4. The monoisotopic (exact) mass is 292 g/mol. The molecule has 104 valence electrons. The van der Waals surface area contributed by atoms with Crippen LogP contribution in [0.1, 0.15) is 32.4 Å². The second-order valence-corrected chi connectivity index (χ2v) is 4.25. The maximum Gasteiger partial charge on any atom is 0.354 e. The first-order valence-corrected chi connectivity index (χ1v) is 6.08. The average molecular weight is 293 g/mol. The number of carbonyl (C=O) groups excluding carboxylic acids is 1. The lowest BCUT2D eigenvalue weighted by Gasteiger charge is -1.92. The van der Waals surface area contributed by atoms with Crippen LogP contribution >= 0.6 is 11.6 Å². The lowest BCUT2D eigenvalue weighted by atomic mass is 10.3. The maximum atomic E-state index is 10.5. The standard InChI is InChI=1S/C7H6ClNO.C7H7NO2/c1-5-3-2-4-6(9-5)7(8)10;1-5-3-2-4-6(8-5)7(9)10/h2-4H,1H3;2-4H,1H3,(H,9,10). The van der Waals surface area contributed by atoms with E-state index in [1.54, 1.807) is 31.2 Å². The third-order valence-electron chi connectivity index (χ3n) is 2.20. The number of hydrogen-bond donors (Lipinski definition) is 1. The van der Waals surface area contributed by atoms with Gasteiger partial charge in [-0.1, -0.05) is 12.1 Å². The van der Waals surface area contributed by atoms with Crippen molar-refractivity contribution in [2.24, 2.45) is 0 Å². The van der Waals surface area contributed by atoms with Crippen molar-refractivity contribution in [1.29, 1.82) is 0 Å². The van der Waals surface area contributed by atoms with Crippen LogP contribution in [0.15, 0.2) is 36.4 Å². The highest BCUT2D eigenvalue weighted by Gasteiger charge is 2.01. The number of rotatable bonds is 2. The highest BCUT2D eigenvalue weighted by Crippen LogP contribution is 2.00. The highest BCUT2D eigenvalue weighted by atomic mass is 35.5. The first-order valence-electron chi connectivity index (χ1n) is 5.70. The summed E-state index contributed by atoms with van der Waals surface area (Å²) in [6.07, 6.45) is 0. The van der Waals surface area contributed by atoms with Gasteiger partial charge < -0.3 is 5.11 Å². The van der Waals surface area contributed by atoms with Gasteiger partial charge in [-0.2, -0.15) is 0 Å². The number of aromatic carboxylic acids is 1. The Balaban J connectivity index is 0.000000200. The summed E-state index contributed by atoms with van der Waals surface area (Å²) in [5.41, 5.74) is 1.92. The molecule has 0 aliphatic rings. The van der Waals surface area contributed by atoms with Crippen molar-refractivity contribution in [3.05, 3.63) is 59.2 Å². The number of carbonyl (C=O) groups is 2. The molecule has 0 saturated heterocycles. The fourth-order valence-electron chi connectivity index (χ4n) is 1.31. The minimum Gasteiger partial charge on any atom is -0.477 e. The zero-order valence-electron chi connectivity index (χ0n) is 11.0. The van der Waals surface area contributed by atoms with Crippen LogP contribution in [-0.2, 0) is 0 Å². The summed E-state index contributed by atoms with van der Waals surface area (Å²) in [5, 5.41) is 7.94. The largest absolute Gasteiger partial charge is 0.477 e. The Morgan fingerprint density at radius 1 is 0.950 bits per heavy atom. The number of carboxylic acid groups (broad SMARTS) is 1. The van der Waals surface area contributed by atoms with Crippen molar-refractivity contribution >= 4 is 22.8 Å². The Morgan fingerprint density at radius 3 is 1.70 bits per heavy atom. The number of aromatic nitrogens is 2. The van der Waals surface area contributed by atoms with Crippen LogP contribution in [0, 0.1) is 13.8 Å². The molecule has 5 nitrogen and oxygen atoms in total. The minimum absolute atomic E-state index is 0.0972. The summed E-state index contributed by atoms with van der Waals surface area (Å²) in [6.45, 7) is 3.57. The maximum absolute atomic E-state index is 10.5. The van der Waals surface area contributed by atoms with Gasteiger partial charge in [0.15, 0.2) is 0 Å². The van der Waals surface area contributed by atoms with Crippen LogP contribution in [0.2, 0.25) is 0 Å². The van der Waals surface area contributed by atoms with Crippen molar-refractivity contribution in [3.8, 4) is 0 Å². The van der Waals surface area contributed by atoms with E-state index in [9.17, 15) is 9.59 Å². The van der Waals surface area contributed by atoms with E-state index in [2.05, 4.69) is 9.97 Å². The molecule has 1 N–H and O–H groups in total. The van der Waals surface area contributed by atoms with Crippen LogP contribution in [0.4, 0.5) is 0 Å². The Morgan fingerprint density at radius 2 is 1.40 bits per heavy atom. The number of pyridine rings is 2. The first kappa shape index (κ1) is 15.8. The second kappa shape index (κ2) is 7.35. The zero-order valence-corrected chi connectivity index (χ0v) is 11.8. The van der Waals surface area contributed by atoms with E-state index < -0.39 is 11.2 Å². The topological polar surface area (TPSA) is 80.2 Å². The van der Waals surface area contributed by atoms with E-state index in [1.165, 1.54) is 6.07 Å². The Labute approximate surface area is 121 Å². The van der Waals surface area contributed by atoms with Crippen molar-refractivity contribution < 1.29 is 14.7 Å². The van der Waals surface area contributed by atoms with Crippen molar-refractivity contribution in [2.75, 3.05) is 0 Å². The molecule has 0 aromatic carbocycles. The van der Waals surface area contributed by atoms with E-state index in [4.69, 9.17) is 16.7 Å². The van der Waals surface area contributed by atoms with Crippen LogP contribution in [0.25, 0.3) is 0 Å². The quantitative estimate of drug-likeness (QED) is 0.861. The van der Waals surface area contributed by atoms with Crippen molar-refractivity contribution in [2.45, 2.75) is 13.8 Å². The van der Waals surface area contributed by atoms with E-state index in [-0.39, 0.29) is 5.69 Å². The van der Waals surface area contributed by atoms with Crippen molar-refractivity contribution in [1.82, 2.24) is 9.97 Å². The summed E-state index contributed by atoms with van der Waals surface area (Å²) in [7, 11) is 0. The van der Waals surface area contributed by atoms with Gasteiger partial charge in [-0.25, -0.2) is 14.8 Å². The molecule has 2 aromatic heterocycles. The van der Waals surface area contributed by atoms with Gasteiger partial charge in [-0.15, -0.1) is 0 Å². The molecule has 0 atom stereocenters. The predicted octanol–water partition coefficient (Wildman–Crippen LogP) is 2.86. The van der Waals surface area contributed by atoms with Crippen molar-refractivity contribution in [3.63, 3.8) is 0 Å².